The first-order valence-electron chi connectivity index (χ1n) is 8.06. The van der Waals surface area contributed by atoms with Crippen molar-refractivity contribution in [2.45, 2.75) is 32.7 Å². The normalized spacial score (nSPS) is 12.3. The summed E-state index contributed by atoms with van der Waals surface area (Å²) in [5, 5.41) is 3.91. The second-order valence-corrected chi connectivity index (χ2v) is 7.04. The zero-order valence-corrected chi connectivity index (χ0v) is 14.9. The summed E-state index contributed by atoms with van der Waals surface area (Å²) in [7, 11) is 0. The Hall–Kier alpha value is -2.40. The van der Waals surface area contributed by atoms with Crippen LogP contribution in [0.2, 0.25) is 0 Å². The molecule has 0 saturated carbocycles. The van der Waals surface area contributed by atoms with Gasteiger partial charge < -0.3 is 9.88 Å². The molecule has 2 aromatic heterocycles. The van der Waals surface area contributed by atoms with E-state index in [0.29, 0.717) is 4.88 Å². The molecule has 0 aliphatic rings. The maximum absolute atomic E-state index is 12.8. The van der Waals surface area contributed by atoms with Crippen LogP contribution >= 0.6 is 11.3 Å². The molecule has 0 saturated heterocycles. The average molecular weight is 339 g/mol. The summed E-state index contributed by atoms with van der Waals surface area (Å²) in [5.74, 6) is 0.129. The third-order valence-corrected chi connectivity index (χ3v) is 4.95. The van der Waals surface area contributed by atoms with Crippen molar-refractivity contribution in [1.29, 1.82) is 0 Å². The van der Waals surface area contributed by atoms with E-state index in [1.807, 2.05) is 66.3 Å². The van der Waals surface area contributed by atoms with Crippen LogP contribution in [0, 0.1) is 0 Å². The average Bonchev–Trinajstić information content (AvgIpc) is 3.24. The van der Waals surface area contributed by atoms with Crippen LogP contribution in [-0.4, -0.2) is 15.5 Å². The predicted molar refractivity (Wildman–Crippen MR) is 97.9 cm³/mol. The predicted octanol–water partition coefficient (Wildman–Crippen LogP) is 4.55. The van der Waals surface area contributed by atoms with Gasteiger partial charge in [-0.2, -0.15) is 0 Å². The van der Waals surface area contributed by atoms with Crippen molar-refractivity contribution >= 4 is 17.2 Å². The van der Waals surface area contributed by atoms with Gasteiger partial charge in [-0.25, -0.2) is 4.98 Å². The van der Waals surface area contributed by atoms with E-state index in [0.717, 1.165) is 16.4 Å². The van der Waals surface area contributed by atoms with Gasteiger partial charge in [-0.3, -0.25) is 4.79 Å². The lowest BCUT2D eigenvalue weighted by Gasteiger charge is -2.14. The van der Waals surface area contributed by atoms with Gasteiger partial charge in [-0.15, -0.1) is 0 Å². The van der Waals surface area contributed by atoms with E-state index < -0.39 is 0 Å². The standard InChI is InChI=1S/C19H21N3OS/c1-13(2)16-17(24-19(21-16)22-11-7-8-12-22)18(23)20-14(3)15-9-5-4-6-10-15/h4-14H,1-3H3,(H,20,23)/t14-/m0/s1. The molecule has 0 radical (unpaired) electrons. The molecule has 124 valence electrons. The minimum absolute atomic E-state index is 0.0455. The Bertz CT molecular complexity index is 807. The van der Waals surface area contributed by atoms with Crippen LogP contribution in [0.3, 0.4) is 0 Å². The van der Waals surface area contributed by atoms with Crippen molar-refractivity contribution in [2.24, 2.45) is 0 Å². The quantitative estimate of drug-likeness (QED) is 0.741. The molecule has 1 amide bonds. The third kappa shape index (κ3) is 3.41. The molecule has 0 spiro atoms. The third-order valence-electron chi connectivity index (χ3n) is 3.87. The molecule has 3 rings (SSSR count). The Kier molecular flexibility index (Phi) is 4.81. The molecule has 1 atom stereocenters. The highest BCUT2D eigenvalue weighted by atomic mass is 32.1. The second-order valence-electron chi connectivity index (χ2n) is 6.06. The largest absolute Gasteiger partial charge is 0.345 e. The van der Waals surface area contributed by atoms with E-state index in [-0.39, 0.29) is 17.9 Å². The Balaban J connectivity index is 1.86. The Labute approximate surface area is 146 Å². The van der Waals surface area contributed by atoms with Crippen LogP contribution in [0.1, 0.15) is 53.7 Å². The van der Waals surface area contributed by atoms with Gasteiger partial charge in [0.05, 0.1) is 11.7 Å². The lowest BCUT2D eigenvalue weighted by atomic mass is 10.1. The number of carbonyl (C=O) groups is 1. The highest BCUT2D eigenvalue weighted by molar-refractivity contribution is 7.16. The number of benzene rings is 1. The molecule has 0 aliphatic carbocycles. The zero-order valence-electron chi connectivity index (χ0n) is 14.1. The summed E-state index contributed by atoms with van der Waals surface area (Å²) in [6.45, 7) is 6.12. The number of nitrogens with one attached hydrogen (secondary N) is 1. The van der Waals surface area contributed by atoms with Crippen molar-refractivity contribution in [3.8, 4) is 5.13 Å². The highest BCUT2D eigenvalue weighted by Gasteiger charge is 2.22. The molecule has 0 fully saturated rings. The number of thiazole rings is 1. The monoisotopic (exact) mass is 339 g/mol. The van der Waals surface area contributed by atoms with Crippen molar-refractivity contribution in [1.82, 2.24) is 14.9 Å². The van der Waals surface area contributed by atoms with E-state index in [1.54, 1.807) is 0 Å². The second kappa shape index (κ2) is 7.01. The number of amides is 1. The van der Waals surface area contributed by atoms with E-state index >= 15 is 0 Å². The SMILES string of the molecule is CC(C)c1nc(-n2cccc2)sc1C(=O)N[C@@H](C)c1ccccc1. The summed E-state index contributed by atoms with van der Waals surface area (Å²) >= 11 is 1.43. The van der Waals surface area contributed by atoms with Crippen molar-refractivity contribution in [3.05, 3.63) is 71.0 Å². The van der Waals surface area contributed by atoms with Crippen molar-refractivity contribution in [3.63, 3.8) is 0 Å². The molecule has 3 aromatic rings. The van der Waals surface area contributed by atoms with Crippen LogP contribution in [0.25, 0.3) is 5.13 Å². The van der Waals surface area contributed by atoms with Gasteiger partial charge in [0.1, 0.15) is 4.88 Å². The van der Waals surface area contributed by atoms with Gasteiger partial charge in [0, 0.05) is 12.4 Å². The van der Waals surface area contributed by atoms with Crippen LogP contribution in [0.5, 0.6) is 0 Å². The van der Waals surface area contributed by atoms with Crippen molar-refractivity contribution < 1.29 is 4.79 Å². The summed E-state index contributed by atoms with van der Waals surface area (Å²) in [6, 6.07) is 13.8. The van der Waals surface area contributed by atoms with Crippen molar-refractivity contribution in [2.75, 3.05) is 0 Å². The summed E-state index contributed by atoms with van der Waals surface area (Å²) in [4.78, 5) is 18.2. The van der Waals surface area contributed by atoms with Gasteiger partial charge >= 0.3 is 0 Å². The van der Waals surface area contributed by atoms with Crippen LogP contribution in [-0.2, 0) is 0 Å². The molecular formula is C19H21N3OS. The Morgan fingerprint density at radius 1 is 1.08 bits per heavy atom. The number of hydrogen-bond acceptors (Lipinski definition) is 3. The maximum atomic E-state index is 12.8. The minimum atomic E-state index is -0.0639. The fourth-order valence-corrected chi connectivity index (χ4v) is 3.63. The maximum Gasteiger partial charge on any atom is 0.263 e. The highest BCUT2D eigenvalue weighted by Crippen LogP contribution is 2.28. The summed E-state index contributed by atoms with van der Waals surface area (Å²) in [6.07, 6.45) is 3.88. The molecule has 4 nitrogen and oxygen atoms in total. The fraction of sp³-hybridized carbons (Fsp3) is 0.263. The lowest BCUT2D eigenvalue weighted by molar-refractivity contribution is 0.0942. The smallest absolute Gasteiger partial charge is 0.263 e. The number of nitrogens with zero attached hydrogens (tertiary/aromatic N) is 2. The first-order chi connectivity index (χ1) is 11.6. The molecule has 0 aliphatic heterocycles. The van der Waals surface area contributed by atoms with Gasteiger partial charge in [-0.1, -0.05) is 55.5 Å². The first kappa shape index (κ1) is 16.5. The van der Waals surface area contributed by atoms with Gasteiger partial charge in [0.2, 0.25) is 0 Å². The first-order valence-corrected chi connectivity index (χ1v) is 8.87. The molecular weight excluding hydrogens is 318 g/mol. The van der Waals surface area contributed by atoms with Crippen LogP contribution in [0.4, 0.5) is 0 Å². The lowest BCUT2D eigenvalue weighted by Crippen LogP contribution is -2.26. The topological polar surface area (TPSA) is 46.9 Å². The fourth-order valence-electron chi connectivity index (χ4n) is 2.53. The molecule has 2 heterocycles. The Morgan fingerprint density at radius 2 is 1.75 bits per heavy atom. The molecule has 24 heavy (non-hydrogen) atoms. The molecule has 0 bridgehead atoms. The van der Waals surface area contributed by atoms with E-state index in [4.69, 9.17) is 0 Å². The molecule has 1 aromatic carbocycles. The van der Waals surface area contributed by atoms with Gasteiger partial charge in [-0.05, 0) is 30.5 Å². The number of carbonyl (C=O) groups excluding carboxylic acids is 1. The number of rotatable bonds is 5. The van der Waals surface area contributed by atoms with E-state index in [1.165, 1.54) is 11.3 Å². The van der Waals surface area contributed by atoms with Crippen LogP contribution in [0.15, 0.2) is 54.9 Å². The minimum Gasteiger partial charge on any atom is -0.345 e. The summed E-state index contributed by atoms with van der Waals surface area (Å²) < 4.78 is 1.94. The van der Waals surface area contributed by atoms with Gasteiger partial charge in [0.25, 0.3) is 5.91 Å². The van der Waals surface area contributed by atoms with E-state index in [2.05, 4.69) is 24.1 Å². The van der Waals surface area contributed by atoms with E-state index in [9.17, 15) is 4.79 Å². The molecule has 1 N–H and O–H groups in total. The Morgan fingerprint density at radius 3 is 2.38 bits per heavy atom. The molecule has 0 unspecified atom stereocenters. The number of hydrogen-bond donors (Lipinski definition) is 1. The molecule has 5 heteroatoms. The zero-order chi connectivity index (χ0) is 17.1. The number of aromatic nitrogens is 2. The summed E-state index contributed by atoms with van der Waals surface area (Å²) in [5.41, 5.74) is 1.94. The van der Waals surface area contributed by atoms with Gasteiger partial charge in [0.15, 0.2) is 5.13 Å². The van der Waals surface area contributed by atoms with Crippen LogP contribution < -0.4 is 5.32 Å².